The van der Waals surface area contributed by atoms with Crippen LogP contribution in [0.25, 0.3) is 22.6 Å². The number of benzene rings is 2. The van der Waals surface area contributed by atoms with Gasteiger partial charge >= 0.3 is 11.9 Å². The lowest BCUT2D eigenvalue weighted by Crippen LogP contribution is -2.64. The lowest BCUT2D eigenvalue weighted by molar-refractivity contribution is -0.173. The topological polar surface area (TPSA) is 227 Å². The van der Waals surface area contributed by atoms with E-state index in [0.29, 0.717) is 0 Å². The second-order valence-corrected chi connectivity index (χ2v) is 11.9. The minimum Gasteiger partial charge on any atom is -0.506 e. The molecule has 0 radical (unpaired) electrons. The van der Waals surface area contributed by atoms with Crippen LogP contribution in [0.3, 0.4) is 0 Å². The molecular weight excluding hydrogens is 608 g/mol. The van der Waals surface area contributed by atoms with Gasteiger partial charge in [0, 0.05) is 24.0 Å². The van der Waals surface area contributed by atoms with Gasteiger partial charge in [-0.1, -0.05) is 13.8 Å². The molecular formula is C32H30O14. The van der Waals surface area contributed by atoms with E-state index in [1.807, 2.05) is 0 Å². The molecule has 46 heavy (non-hydrogen) atoms. The summed E-state index contributed by atoms with van der Waals surface area (Å²) in [5, 5.41) is 67.7. The van der Waals surface area contributed by atoms with Crippen LogP contribution in [0.5, 0.6) is 23.0 Å². The van der Waals surface area contributed by atoms with Crippen molar-refractivity contribution < 1.29 is 68.8 Å². The fourth-order valence-corrected chi connectivity index (χ4v) is 7.00. The number of esters is 2. The molecule has 0 unspecified atom stereocenters. The van der Waals surface area contributed by atoms with Gasteiger partial charge in [-0.3, -0.25) is 9.59 Å². The number of phenols is 2. The van der Waals surface area contributed by atoms with Crippen LogP contribution in [0.15, 0.2) is 35.4 Å². The molecule has 4 aliphatic rings. The summed E-state index contributed by atoms with van der Waals surface area (Å²) in [7, 11) is 2.04. The average molecular weight is 639 g/mol. The molecule has 2 fully saturated rings. The molecule has 0 saturated heterocycles. The average Bonchev–Trinajstić information content (AvgIpc) is 3.01. The van der Waals surface area contributed by atoms with Gasteiger partial charge < -0.3 is 49.6 Å². The van der Waals surface area contributed by atoms with Crippen molar-refractivity contribution in [2.45, 2.75) is 50.1 Å². The van der Waals surface area contributed by atoms with Crippen LogP contribution in [0.2, 0.25) is 0 Å². The molecule has 2 saturated carbocycles. The number of phenolic OH excluding ortho intramolecular Hbond substituents is 2. The predicted octanol–water partition coefficient (Wildman–Crippen LogP) is 1.85. The third kappa shape index (κ3) is 3.70. The number of aliphatic hydroxyl groups is 4. The maximum absolute atomic E-state index is 13.2. The maximum atomic E-state index is 13.2. The summed E-state index contributed by atoms with van der Waals surface area (Å²) in [6.45, 7) is 3.04. The van der Waals surface area contributed by atoms with Crippen molar-refractivity contribution in [3.05, 3.63) is 46.5 Å². The van der Waals surface area contributed by atoms with Crippen molar-refractivity contribution in [2.75, 3.05) is 14.2 Å². The van der Waals surface area contributed by atoms with E-state index in [9.17, 15) is 49.8 Å². The smallest absolute Gasteiger partial charge is 0.358 e. The van der Waals surface area contributed by atoms with Gasteiger partial charge in [0.05, 0.1) is 25.4 Å². The number of Topliss-reactive ketones (excluding diaryl/α,β-unsaturated/α-hetero) is 2. The Hall–Kier alpha value is -5.08. The van der Waals surface area contributed by atoms with E-state index < -0.39 is 104 Å². The number of aromatic hydroxyl groups is 2. The zero-order valence-corrected chi connectivity index (χ0v) is 25.0. The Morgan fingerprint density at radius 3 is 1.37 bits per heavy atom. The standard InChI is InChI=1S/C32H30O14/c1-11-9-15(33)21-25(37)19-17(45-31(21,27(11)39)29(41)43-3)7-5-13(23(19)35)14-6-8-18-20(24(14)36)26(38)22-16(34)10-12(2)28(40)32(22,46-18)30(42)44-4/h5-8,11-12,27-28,35-40H,9-10H2,1-4H3/t11-,12-,27-,28+,31+,32-/m0/s1. The first-order chi connectivity index (χ1) is 21.7. The van der Waals surface area contributed by atoms with E-state index in [4.69, 9.17) is 18.9 Å². The van der Waals surface area contributed by atoms with Gasteiger partial charge in [0.1, 0.15) is 57.9 Å². The number of ether oxygens (including phenoxy) is 4. The van der Waals surface area contributed by atoms with Crippen molar-refractivity contribution >= 4 is 35.0 Å². The number of hydrogen-bond donors (Lipinski definition) is 6. The highest BCUT2D eigenvalue weighted by molar-refractivity contribution is 6.14. The third-order valence-electron chi connectivity index (χ3n) is 9.26. The maximum Gasteiger partial charge on any atom is 0.358 e. The molecule has 2 heterocycles. The van der Waals surface area contributed by atoms with Crippen LogP contribution in [-0.2, 0) is 28.7 Å². The molecule has 2 aromatic rings. The number of methoxy groups -OCH3 is 2. The van der Waals surface area contributed by atoms with Crippen molar-refractivity contribution in [3.8, 4) is 34.1 Å². The molecule has 0 amide bonds. The highest BCUT2D eigenvalue weighted by Gasteiger charge is 2.64. The van der Waals surface area contributed by atoms with Crippen LogP contribution >= 0.6 is 0 Å². The summed E-state index contributed by atoms with van der Waals surface area (Å²) in [5.41, 5.74) is -7.25. The minimum atomic E-state index is -2.42. The van der Waals surface area contributed by atoms with E-state index in [1.54, 1.807) is 0 Å². The van der Waals surface area contributed by atoms with Gasteiger partial charge in [-0.15, -0.1) is 0 Å². The number of carbonyl (C=O) groups excluding carboxylic acids is 4. The molecule has 0 aromatic heterocycles. The van der Waals surface area contributed by atoms with Gasteiger partial charge in [-0.2, -0.15) is 0 Å². The van der Waals surface area contributed by atoms with Crippen molar-refractivity contribution in [1.82, 2.24) is 0 Å². The van der Waals surface area contributed by atoms with E-state index in [-0.39, 0.29) is 35.5 Å². The largest absolute Gasteiger partial charge is 0.506 e. The Bertz CT molecular complexity index is 1690. The quantitative estimate of drug-likeness (QED) is 0.264. The fraction of sp³-hybridized carbons (Fsp3) is 0.375. The lowest BCUT2D eigenvalue weighted by atomic mass is 9.69. The summed E-state index contributed by atoms with van der Waals surface area (Å²) in [4.78, 5) is 52.3. The third-order valence-corrected chi connectivity index (χ3v) is 9.26. The monoisotopic (exact) mass is 638 g/mol. The molecule has 6 rings (SSSR count). The zero-order chi connectivity index (χ0) is 33.6. The van der Waals surface area contributed by atoms with Gasteiger partial charge in [0.2, 0.25) is 0 Å². The minimum absolute atomic E-state index is 0.163. The highest BCUT2D eigenvalue weighted by atomic mass is 16.6. The Labute approximate surface area is 260 Å². The summed E-state index contributed by atoms with van der Waals surface area (Å²) in [6, 6.07) is 4.92. The highest BCUT2D eigenvalue weighted by Crippen LogP contribution is 2.55. The molecule has 6 atom stereocenters. The van der Waals surface area contributed by atoms with Crippen LogP contribution in [-0.4, -0.2) is 91.8 Å². The molecule has 2 aliphatic heterocycles. The van der Waals surface area contributed by atoms with E-state index in [2.05, 4.69) is 0 Å². The number of hydrogen-bond acceptors (Lipinski definition) is 14. The number of rotatable bonds is 3. The molecule has 2 aromatic carbocycles. The Balaban J connectivity index is 1.55. The van der Waals surface area contributed by atoms with E-state index >= 15 is 0 Å². The van der Waals surface area contributed by atoms with Crippen LogP contribution < -0.4 is 9.47 Å². The molecule has 14 nitrogen and oxygen atoms in total. The van der Waals surface area contributed by atoms with Gasteiger partial charge in [-0.25, -0.2) is 9.59 Å². The number of ketones is 2. The molecule has 0 spiro atoms. The summed E-state index contributed by atoms with van der Waals surface area (Å²) in [6.07, 6.45) is -3.72. The second-order valence-electron chi connectivity index (χ2n) is 11.9. The van der Waals surface area contributed by atoms with Crippen LogP contribution in [0.1, 0.15) is 37.8 Å². The number of carbonyl (C=O) groups is 4. The summed E-state index contributed by atoms with van der Waals surface area (Å²) < 4.78 is 21.5. The van der Waals surface area contributed by atoms with Crippen LogP contribution in [0.4, 0.5) is 0 Å². The Kier molecular flexibility index (Phi) is 6.87. The number of aliphatic hydroxyl groups excluding tert-OH is 4. The molecule has 0 bridgehead atoms. The lowest BCUT2D eigenvalue weighted by Gasteiger charge is -2.45. The summed E-state index contributed by atoms with van der Waals surface area (Å²) >= 11 is 0. The first-order valence-electron chi connectivity index (χ1n) is 14.3. The van der Waals surface area contributed by atoms with Crippen LogP contribution in [0, 0.1) is 11.8 Å². The fourth-order valence-electron chi connectivity index (χ4n) is 7.00. The Morgan fingerprint density at radius 1 is 0.696 bits per heavy atom. The van der Waals surface area contributed by atoms with E-state index in [1.165, 1.54) is 38.1 Å². The number of fused-ring (bicyclic) bond motifs is 4. The van der Waals surface area contributed by atoms with Gasteiger partial charge in [-0.05, 0) is 36.1 Å². The first kappa shape index (κ1) is 30.9. The van der Waals surface area contributed by atoms with Crippen molar-refractivity contribution in [2.24, 2.45) is 11.8 Å². The second kappa shape index (κ2) is 10.2. The Morgan fingerprint density at radius 2 is 1.04 bits per heavy atom. The summed E-state index contributed by atoms with van der Waals surface area (Å²) in [5.74, 6) is -9.01. The van der Waals surface area contributed by atoms with Gasteiger partial charge in [0.15, 0.2) is 11.6 Å². The van der Waals surface area contributed by atoms with E-state index in [0.717, 1.165) is 14.2 Å². The molecule has 6 N–H and O–H groups in total. The molecule has 14 heteroatoms. The van der Waals surface area contributed by atoms with Crippen molar-refractivity contribution in [1.29, 1.82) is 0 Å². The zero-order valence-electron chi connectivity index (χ0n) is 25.0. The molecule has 242 valence electrons. The normalized spacial score (nSPS) is 29.9. The van der Waals surface area contributed by atoms with Crippen molar-refractivity contribution in [3.63, 3.8) is 0 Å². The predicted molar refractivity (Wildman–Crippen MR) is 155 cm³/mol. The first-order valence-corrected chi connectivity index (χ1v) is 14.3. The molecule has 2 aliphatic carbocycles. The van der Waals surface area contributed by atoms with Gasteiger partial charge in [0.25, 0.3) is 11.2 Å². The SMILES string of the molecule is COC(=O)[C@]12Oc3ccc(-c4ccc5c(c4O)C(O)=C4C(=O)C[C@H](C)[C@H](O)[C@]4(C(=O)OC)O5)c(O)c3C(O)=C1C(=O)C[C@H](C)[C@H]2O.